The molecule has 0 spiro atoms. The summed E-state index contributed by atoms with van der Waals surface area (Å²) in [6, 6.07) is 5.83. The molecule has 0 radical (unpaired) electrons. The molecular weight excluding hydrogens is 289 g/mol. The second kappa shape index (κ2) is 6.13. The van der Waals surface area contributed by atoms with Gasteiger partial charge in [0.1, 0.15) is 30.1 Å². The van der Waals surface area contributed by atoms with E-state index < -0.39 is 0 Å². The molecule has 22 heavy (non-hydrogen) atoms. The van der Waals surface area contributed by atoms with Crippen molar-refractivity contribution in [2.24, 2.45) is 0 Å². The Labute approximate surface area is 124 Å². The van der Waals surface area contributed by atoms with Crippen molar-refractivity contribution < 1.29 is 18.3 Å². The van der Waals surface area contributed by atoms with E-state index in [1.807, 2.05) is 0 Å². The number of nitrogens with zero attached hydrogens (tertiary/aromatic N) is 3. The fourth-order valence-corrected chi connectivity index (χ4v) is 1.80. The van der Waals surface area contributed by atoms with Gasteiger partial charge in [-0.3, -0.25) is 14.8 Å². The van der Waals surface area contributed by atoms with Crippen LogP contribution < -0.4 is 0 Å². The lowest BCUT2D eigenvalue weighted by Gasteiger charge is -1.99. The second-order valence-corrected chi connectivity index (χ2v) is 4.34. The van der Waals surface area contributed by atoms with E-state index in [0.29, 0.717) is 35.0 Å². The number of hydrogen-bond donors (Lipinski definition) is 0. The van der Waals surface area contributed by atoms with Gasteiger partial charge in [-0.05, 0) is 24.3 Å². The summed E-state index contributed by atoms with van der Waals surface area (Å²) in [5.74, 6) is 0.0414. The Hall–Kier alpha value is -3.09. The maximum atomic E-state index is 12.9. The molecule has 0 fully saturated rings. The summed E-state index contributed by atoms with van der Waals surface area (Å²) in [5, 5.41) is 0. The molecule has 0 N–H and O–H groups in total. The summed E-state index contributed by atoms with van der Waals surface area (Å²) in [6.45, 7) is 0.415. The van der Waals surface area contributed by atoms with Crippen LogP contribution >= 0.6 is 0 Å². The zero-order valence-corrected chi connectivity index (χ0v) is 11.3. The van der Waals surface area contributed by atoms with Gasteiger partial charge >= 0.3 is 0 Å². The van der Waals surface area contributed by atoms with Gasteiger partial charge in [0.05, 0.1) is 18.1 Å². The predicted octanol–water partition coefficient (Wildman–Crippen LogP) is 2.61. The van der Waals surface area contributed by atoms with Crippen LogP contribution in [0, 0.1) is 5.82 Å². The van der Waals surface area contributed by atoms with Crippen molar-refractivity contribution in [3.8, 4) is 22.8 Å². The number of carbonyl (C=O) groups excluding carboxylic acids is 1. The number of rotatable bonds is 5. The normalized spacial score (nSPS) is 10.4. The van der Waals surface area contributed by atoms with Crippen molar-refractivity contribution in [3.63, 3.8) is 0 Å². The van der Waals surface area contributed by atoms with Crippen LogP contribution in [-0.2, 0) is 16.1 Å². The minimum Gasteiger partial charge on any atom is -0.461 e. The Balaban J connectivity index is 1.81. The van der Waals surface area contributed by atoms with Gasteiger partial charge in [0.2, 0.25) is 5.89 Å². The van der Waals surface area contributed by atoms with E-state index in [9.17, 15) is 9.18 Å². The zero-order valence-electron chi connectivity index (χ0n) is 11.3. The molecular formula is C15H10FN3O3. The first kappa shape index (κ1) is 13.9. The number of carbonyl (C=O) groups is 1. The molecule has 0 unspecified atom stereocenters. The standard InChI is InChI=1S/C15H10FN3O3/c16-11-3-1-10(2-4-11)15-19-14(8-22-15)13-6-17-12(5-18-13)7-21-9-20/h1-6,8-9H,7H2. The van der Waals surface area contributed by atoms with Crippen LogP contribution in [0.1, 0.15) is 5.69 Å². The van der Waals surface area contributed by atoms with Crippen LogP contribution in [0.4, 0.5) is 4.39 Å². The third kappa shape index (κ3) is 2.98. The molecule has 0 saturated carbocycles. The van der Waals surface area contributed by atoms with Gasteiger partial charge in [0.15, 0.2) is 0 Å². The molecule has 2 aromatic heterocycles. The number of benzene rings is 1. The van der Waals surface area contributed by atoms with Crippen LogP contribution in [0.3, 0.4) is 0 Å². The van der Waals surface area contributed by atoms with Gasteiger partial charge in [-0.15, -0.1) is 0 Å². The van der Waals surface area contributed by atoms with Gasteiger partial charge in [0.25, 0.3) is 6.47 Å². The van der Waals surface area contributed by atoms with Crippen molar-refractivity contribution in [2.45, 2.75) is 6.61 Å². The fourth-order valence-electron chi connectivity index (χ4n) is 1.80. The van der Waals surface area contributed by atoms with Crippen LogP contribution in [0.25, 0.3) is 22.8 Å². The molecule has 3 rings (SSSR count). The first-order chi connectivity index (χ1) is 10.8. The number of aromatic nitrogens is 3. The van der Waals surface area contributed by atoms with Crippen molar-refractivity contribution in [3.05, 3.63) is 54.4 Å². The lowest BCUT2D eigenvalue weighted by atomic mass is 10.2. The van der Waals surface area contributed by atoms with E-state index >= 15 is 0 Å². The highest BCUT2D eigenvalue weighted by atomic mass is 19.1. The highest BCUT2D eigenvalue weighted by Gasteiger charge is 2.10. The molecule has 0 bridgehead atoms. The monoisotopic (exact) mass is 299 g/mol. The summed E-state index contributed by atoms with van der Waals surface area (Å²) in [7, 11) is 0. The lowest BCUT2D eigenvalue weighted by Crippen LogP contribution is -1.96. The Morgan fingerprint density at radius 3 is 2.64 bits per heavy atom. The molecule has 0 amide bonds. The van der Waals surface area contributed by atoms with Gasteiger partial charge in [0, 0.05) is 5.56 Å². The van der Waals surface area contributed by atoms with Crippen molar-refractivity contribution in [1.29, 1.82) is 0 Å². The predicted molar refractivity (Wildman–Crippen MR) is 73.8 cm³/mol. The summed E-state index contributed by atoms with van der Waals surface area (Å²) < 4.78 is 22.9. The Bertz CT molecular complexity index is 769. The molecule has 6 nitrogen and oxygen atoms in total. The third-order valence-electron chi connectivity index (χ3n) is 2.86. The molecule has 0 aliphatic carbocycles. The quantitative estimate of drug-likeness (QED) is 0.674. The number of oxazole rings is 1. The lowest BCUT2D eigenvalue weighted by molar-refractivity contribution is -0.129. The van der Waals surface area contributed by atoms with Crippen LogP contribution in [0.2, 0.25) is 0 Å². The van der Waals surface area contributed by atoms with E-state index in [4.69, 9.17) is 4.42 Å². The van der Waals surface area contributed by atoms with Gasteiger partial charge in [-0.25, -0.2) is 9.37 Å². The van der Waals surface area contributed by atoms with E-state index in [1.165, 1.54) is 30.8 Å². The number of hydrogen-bond acceptors (Lipinski definition) is 6. The van der Waals surface area contributed by atoms with E-state index in [1.54, 1.807) is 12.1 Å². The summed E-state index contributed by atoms with van der Waals surface area (Å²) in [6.07, 6.45) is 4.45. The highest BCUT2D eigenvalue weighted by molar-refractivity contribution is 5.59. The molecule has 110 valence electrons. The van der Waals surface area contributed by atoms with E-state index in [0.717, 1.165) is 0 Å². The molecule has 0 aliphatic rings. The van der Waals surface area contributed by atoms with E-state index in [-0.39, 0.29) is 12.4 Å². The Morgan fingerprint density at radius 2 is 1.95 bits per heavy atom. The fraction of sp³-hybridized carbons (Fsp3) is 0.0667. The molecule has 7 heteroatoms. The molecule has 1 aromatic carbocycles. The Kier molecular flexibility index (Phi) is 3.86. The maximum Gasteiger partial charge on any atom is 0.293 e. The summed E-state index contributed by atoms with van der Waals surface area (Å²) in [5.41, 5.74) is 2.22. The maximum absolute atomic E-state index is 12.9. The average molecular weight is 299 g/mol. The SMILES string of the molecule is O=COCc1cnc(-c2coc(-c3ccc(F)cc3)n2)cn1. The molecule has 0 aliphatic heterocycles. The second-order valence-electron chi connectivity index (χ2n) is 4.34. The minimum absolute atomic E-state index is 0.0659. The van der Waals surface area contributed by atoms with Crippen molar-refractivity contribution >= 4 is 6.47 Å². The first-order valence-electron chi connectivity index (χ1n) is 6.34. The molecule has 0 saturated heterocycles. The Morgan fingerprint density at radius 1 is 1.14 bits per heavy atom. The smallest absolute Gasteiger partial charge is 0.293 e. The van der Waals surface area contributed by atoms with Crippen molar-refractivity contribution in [1.82, 2.24) is 15.0 Å². The summed E-state index contributed by atoms with van der Waals surface area (Å²) in [4.78, 5) is 22.7. The van der Waals surface area contributed by atoms with Gasteiger partial charge < -0.3 is 9.15 Å². The largest absolute Gasteiger partial charge is 0.461 e. The first-order valence-corrected chi connectivity index (χ1v) is 6.34. The summed E-state index contributed by atoms with van der Waals surface area (Å²) >= 11 is 0. The number of ether oxygens (including phenoxy) is 1. The van der Waals surface area contributed by atoms with Crippen LogP contribution in [0.15, 0.2) is 47.3 Å². The third-order valence-corrected chi connectivity index (χ3v) is 2.86. The minimum atomic E-state index is -0.325. The molecule has 3 aromatic rings. The highest BCUT2D eigenvalue weighted by Crippen LogP contribution is 2.23. The van der Waals surface area contributed by atoms with Gasteiger partial charge in [-0.2, -0.15) is 0 Å². The molecule has 0 atom stereocenters. The van der Waals surface area contributed by atoms with Crippen LogP contribution in [-0.4, -0.2) is 21.4 Å². The molecule has 2 heterocycles. The van der Waals surface area contributed by atoms with Crippen molar-refractivity contribution in [2.75, 3.05) is 0 Å². The van der Waals surface area contributed by atoms with Gasteiger partial charge in [-0.1, -0.05) is 0 Å². The number of halogens is 1. The zero-order chi connectivity index (χ0) is 15.4. The van der Waals surface area contributed by atoms with E-state index in [2.05, 4.69) is 19.7 Å². The topological polar surface area (TPSA) is 78.1 Å². The average Bonchev–Trinajstić information content (AvgIpc) is 3.04. The van der Waals surface area contributed by atoms with Crippen LogP contribution in [0.5, 0.6) is 0 Å².